The lowest BCUT2D eigenvalue weighted by Gasteiger charge is -2.18. The van der Waals surface area contributed by atoms with Gasteiger partial charge in [0.05, 0.1) is 0 Å². The van der Waals surface area contributed by atoms with Crippen molar-refractivity contribution in [3.63, 3.8) is 0 Å². The molecule has 442 valence electrons. The van der Waals surface area contributed by atoms with Crippen molar-refractivity contribution >= 4 is 17.9 Å². The molecule has 0 spiro atoms. The van der Waals surface area contributed by atoms with Crippen molar-refractivity contribution in [3.05, 3.63) is 60.8 Å². The number of carbonyl (C=O) groups excluding carboxylic acids is 3. The Balaban J connectivity index is 4.24. The van der Waals surface area contributed by atoms with Crippen molar-refractivity contribution in [2.24, 2.45) is 0 Å². The van der Waals surface area contributed by atoms with Gasteiger partial charge in [-0.25, -0.2) is 0 Å². The molecule has 0 aromatic heterocycles. The molecular weight excluding hydrogens is 937 g/mol. The van der Waals surface area contributed by atoms with Crippen LogP contribution in [0.15, 0.2) is 60.8 Å². The van der Waals surface area contributed by atoms with Crippen LogP contribution in [0.4, 0.5) is 0 Å². The fourth-order valence-corrected chi connectivity index (χ4v) is 9.79. The highest BCUT2D eigenvalue weighted by atomic mass is 16.6. The molecule has 0 aromatic carbocycles. The number of allylic oxidation sites excluding steroid dienone is 10. The highest BCUT2D eigenvalue weighted by Gasteiger charge is 2.19. The maximum absolute atomic E-state index is 12.9. The summed E-state index contributed by atoms with van der Waals surface area (Å²) >= 11 is 0. The van der Waals surface area contributed by atoms with Crippen LogP contribution in [-0.2, 0) is 28.6 Å². The molecule has 0 saturated carbocycles. The predicted molar refractivity (Wildman–Crippen MR) is 330 cm³/mol. The van der Waals surface area contributed by atoms with E-state index in [1.165, 1.54) is 218 Å². The van der Waals surface area contributed by atoms with Crippen LogP contribution in [0.1, 0.15) is 348 Å². The van der Waals surface area contributed by atoms with E-state index < -0.39 is 6.10 Å². The lowest BCUT2D eigenvalue weighted by molar-refractivity contribution is -0.167. The second-order valence-corrected chi connectivity index (χ2v) is 22.4. The topological polar surface area (TPSA) is 78.9 Å². The summed E-state index contributed by atoms with van der Waals surface area (Å²) in [6, 6.07) is 0. The van der Waals surface area contributed by atoms with E-state index in [9.17, 15) is 14.4 Å². The van der Waals surface area contributed by atoms with Gasteiger partial charge in [0.1, 0.15) is 13.2 Å². The van der Waals surface area contributed by atoms with Gasteiger partial charge in [-0.3, -0.25) is 14.4 Å². The Bertz CT molecular complexity index is 1360. The highest BCUT2D eigenvalue weighted by Crippen LogP contribution is 2.18. The zero-order valence-corrected chi connectivity index (χ0v) is 50.8. The summed E-state index contributed by atoms with van der Waals surface area (Å²) in [5.41, 5.74) is 0. The van der Waals surface area contributed by atoms with Crippen molar-refractivity contribution in [2.45, 2.75) is 354 Å². The smallest absolute Gasteiger partial charge is 0.306 e. The molecule has 0 saturated heterocycles. The minimum absolute atomic E-state index is 0.0726. The van der Waals surface area contributed by atoms with Gasteiger partial charge in [0.25, 0.3) is 0 Å². The van der Waals surface area contributed by atoms with E-state index in [4.69, 9.17) is 14.2 Å². The number of ether oxygens (including phenoxy) is 3. The summed E-state index contributed by atoms with van der Waals surface area (Å²) in [4.78, 5) is 38.3. The van der Waals surface area contributed by atoms with Crippen LogP contribution in [-0.4, -0.2) is 37.2 Å². The Labute approximate surface area is 472 Å². The molecule has 1 unspecified atom stereocenters. The van der Waals surface area contributed by atoms with Crippen LogP contribution in [0.25, 0.3) is 0 Å². The van der Waals surface area contributed by atoms with Gasteiger partial charge in [-0.05, 0) is 83.5 Å². The minimum Gasteiger partial charge on any atom is -0.462 e. The minimum atomic E-state index is -0.775. The third-order valence-corrected chi connectivity index (χ3v) is 14.8. The molecule has 0 radical (unpaired) electrons. The monoisotopic (exact) mass is 1060 g/mol. The van der Waals surface area contributed by atoms with Gasteiger partial charge in [-0.15, -0.1) is 0 Å². The number of esters is 3. The number of carbonyl (C=O) groups is 3. The standard InChI is InChI=1S/C70H126O6/c1-4-7-10-13-16-19-22-25-27-29-31-32-33-34-35-36-37-38-39-41-42-45-48-51-54-57-60-63-69(72)75-66-67(65-74-68(71)62-59-56-53-50-47-44-24-21-18-15-12-9-6-3)76-70(73)64-61-58-55-52-49-46-43-40-30-28-26-23-20-17-14-11-8-5-2/h7,10,16,19,21,24-25,27,31-32,67H,4-6,8-9,11-15,17-18,20,22-23,26,28-30,33-66H2,1-3H3/b10-7-,19-16-,24-21-,27-25-,32-31-. The zero-order chi connectivity index (χ0) is 55.0. The first-order valence-electron chi connectivity index (χ1n) is 33.3. The van der Waals surface area contributed by atoms with Crippen LogP contribution < -0.4 is 0 Å². The number of hydrogen-bond donors (Lipinski definition) is 0. The van der Waals surface area contributed by atoms with Gasteiger partial charge in [0.2, 0.25) is 0 Å². The molecule has 76 heavy (non-hydrogen) atoms. The molecule has 0 aliphatic carbocycles. The van der Waals surface area contributed by atoms with Crippen molar-refractivity contribution < 1.29 is 28.6 Å². The Morgan fingerprint density at radius 1 is 0.276 bits per heavy atom. The Kier molecular flexibility index (Phi) is 62.2. The van der Waals surface area contributed by atoms with Crippen molar-refractivity contribution in [2.75, 3.05) is 13.2 Å². The SMILES string of the molecule is CC/C=C\C/C=C\C/C=C\C/C=C\CCCCCCCCCCCCCCCCC(=O)OCC(COC(=O)CCCCCCC/C=C\CCCCCC)OC(=O)CCCCCCCCCCCCCCCCCCCC. The van der Waals surface area contributed by atoms with Gasteiger partial charge in [0.15, 0.2) is 6.10 Å². The lowest BCUT2D eigenvalue weighted by atomic mass is 10.0. The summed E-state index contributed by atoms with van der Waals surface area (Å²) in [5, 5.41) is 0. The molecule has 0 aromatic rings. The van der Waals surface area contributed by atoms with Crippen LogP contribution in [0.2, 0.25) is 0 Å². The quantitative estimate of drug-likeness (QED) is 0.0261. The fraction of sp³-hybridized carbons (Fsp3) is 0.814. The molecule has 0 amide bonds. The van der Waals surface area contributed by atoms with Crippen molar-refractivity contribution in [1.29, 1.82) is 0 Å². The van der Waals surface area contributed by atoms with Crippen molar-refractivity contribution in [1.82, 2.24) is 0 Å². The molecular formula is C70H126O6. The van der Waals surface area contributed by atoms with Gasteiger partial charge in [-0.1, -0.05) is 306 Å². The average Bonchev–Trinajstić information content (AvgIpc) is 3.42. The third-order valence-electron chi connectivity index (χ3n) is 14.8. The first kappa shape index (κ1) is 73.1. The molecule has 0 fully saturated rings. The Hall–Kier alpha value is -2.89. The van der Waals surface area contributed by atoms with Crippen LogP contribution in [0.3, 0.4) is 0 Å². The average molecular weight is 1060 g/mol. The molecule has 1 atom stereocenters. The number of rotatable bonds is 61. The largest absolute Gasteiger partial charge is 0.462 e. The third kappa shape index (κ3) is 62.0. The molecule has 0 aliphatic rings. The molecule has 6 heteroatoms. The second-order valence-electron chi connectivity index (χ2n) is 22.4. The van der Waals surface area contributed by atoms with Gasteiger partial charge in [-0.2, -0.15) is 0 Å². The zero-order valence-electron chi connectivity index (χ0n) is 50.8. The summed E-state index contributed by atoms with van der Waals surface area (Å²) in [6.45, 7) is 6.56. The maximum Gasteiger partial charge on any atom is 0.306 e. The maximum atomic E-state index is 12.9. The Morgan fingerprint density at radius 3 is 0.829 bits per heavy atom. The number of hydrogen-bond acceptors (Lipinski definition) is 6. The van der Waals surface area contributed by atoms with E-state index in [-0.39, 0.29) is 31.1 Å². The van der Waals surface area contributed by atoms with E-state index in [0.29, 0.717) is 19.3 Å². The molecule has 0 rings (SSSR count). The predicted octanol–water partition coefficient (Wildman–Crippen LogP) is 22.7. The first-order valence-corrected chi connectivity index (χ1v) is 33.3. The molecule has 6 nitrogen and oxygen atoms in total. The molecule has 0 aliphatic heterocycles. The second kappa shape index (κ2) is 64.6. The lowest BCUT2D eigenvalue weighted by Crippen LogP contribution is -2.30. The van der Waals surface area contributed by atoms with E-state index >= 15 is 0 Å². The molecule has 0 N–H and O–H groups in total. The summed E-state index contributed by atoms with van der Waals surface area (Å²) < 4.78 is 16.9. The van der Waals surface area contributed by atoms with Crippen LogP contribution in [0, 0.1) is 0 Å². The van der Waals surface area contributed by atoms with E-state index in [1.54, 1.807) is 0 Å². The van der Waals surface area contributed by atoms with Gasteiger partial charge < -0.3 is 14.2 Å². The van der Waals surface area contributed by atoms with E-state index in [1.807, 2.05) is 0 Å². The Morgan fingerprint density at radius 2 is 0.513 bits per heavy atom. The van der Waals surface area contributed by atoms with Gasteiger partial charge in [0, 0.05) is 19.3 Å². The first-order chi connectivity index (χ1) is 37.5. The summed E-state index contributed by atoms with van der Waals surface area (Å²) in [7, 11) is 0. The van der Waals surface area contributed by atoms with E-state index in [2.05, 4.69) is 81.5 Å². The van der Waals surface area contributed by atoms with Crippen molar-refractivity contribution in [3.8, 4) is 0 Å². The summed E-state index contributed by atoms with van der Waals surface area (Å²) in [5.74, 6) is -0.860. The fourth-order valence-electron chi connectivity index (χ4n) is 9.79. The molecule has 0 heterocycles. The molecule has 0 bridgehead atoms. The van der Waals surface area contributed by atoms with Crippen LogP contribution in [0.5, 0.6) is 0 Å². The highest BCUT2D eigenvalue weighted by molar-refractivity contribution is 5.71. The normalized spacial score (nSPS) is 12.4. The van der Waals surface area contributed by atoms with Gasteiger partial charge >= 0.3 is 17.9 Å². The number of unbranched alkanes of at least 4 members (excludes halogenated alkanes) is 40. The van der Waals surface area contributed by atoms with Crippen LogP contribution >= 0.6 is 0 Å². The summed E-state index contributed by atoms with van der Waals surface area (Å²) in [6.07, 6.45) is 82.4. The van der Waals surface area contributed by atoms with E-state index in [0.717, 1.165) is 89.9 Å².